The smallest absolute Gasteiger partial charge is 0.326 e. The second-order valence-corrected chi connectivity index (χ2v) is 17.6. The Morgan fingerprint density at radius 2 is 1.26 bits per heavy atom. The van der Waals surface area contributed by atoms with E-state index in [2.05, 4.69) is 31.2 Å². The molecule has 5 atom stereocenters. The predicted octanol–water partition coefficient (Wildman–Crippen LogP) is 6.12. The molecule has 4 amide bonds. The number of ether oxygens (including phenoxy) is 1. The third kappa shape index (κ3) is 13.0. The first-order chi connectivity index (χ1) is 34.0. The number of pyridine rings is 1. The molecule has 6 N–H and O–H groups in total. The number of Topliss-reactive ketones (excluding diaryl/α,β-unsaturated/α-hetero) is 1. The van der Waals surface area contributed by atoms with Crippen molar-refractivity contribution in [1.29, 1.82) is 0 Å². The number of aromatic amines is 1. The van der Waals surface area contributed by atoms with E-state index in [1.807, 2.05) is 109 Å². The average molecular weight is 939 g/mol. The number of benzene rings is 5. The summed E-state index contributed by atoms with van der Waals surface area (Å²) >= 11 is 0. The van der Waals surface area contributed by atoms with Gasteiger partial charge in [0.1, 0.15) is 23.9 Å². The molecule has 9 rings (SSSR count). The molecule has 0 aliphatic carbocycles. The minimum atomic E-state index is -1.25. The molecule has 356 valence electrons. The molecule has 2 bridgehead atoms. The number of carboxylic acid groups (broad SMARTS) is 1. The number of aromatic nitrogens is 2. The maximum Gasteiger partial charge on any atom is 0.326 e. The summed E-state index contributed by atoms with van der Waals surface area (Å²) in [5.41, 5.74) is 6.46. The van der Waals surface area contributed by atoms with Crippen molar-refractivity contribution < 1.29 is 38.6 Å². The molecule has 5 aromatic carbocycles. The number of hydrogen-bond donors (Lipinski definition) is 6. The third-order valence-corrected chi connectivity index (χ3v) is 12.6. The number of H-pyrrole nitrogens is 1. The van der Waals surface area contributed by atoms with E-state index in [4.69, 9.17) is 4.74 Å². The molecule has 0 spiro atoms. The molecule has 0 saturated heterocycles. The average Bonchev–Trinajstić information content (AvgIpc) is 3.79. The fourth-order valence-electron chi connectivity index (χ4n) is 8.72. The van der Waals surface area contributed by atoms with Gasteiger partial charge < -0.3 is 36.1 Å². The fraction of sp³-hybridized carbons (Fsp3) is 0.232. The van der Waals surface area contributed by atoms with Gasteiger partial charge >= 0.3 is 5.97 Å². The predicted molar refractivity (Wildman–Crippen MR) is 264 cm³/mol. The van der Waals surface area contributed by atoms with Crippen LogP contribution in [-0.4, -0.2) is 81.2 Å². The Bertz CT molecular complexity index is 2910. The van der Waals surface area contributed by atoms with Crippen molar-refractivity contribution in [3.63, 3.8) is 0 Å². The Labute approximate surface area is 405 Å². The molecule has 2 aromatic heterocycles. The maximum absolute atomic E-state index is 15.0. The van der Waals surface area contributed by atoms with Gasteiger partial charge in [-0.15, -0.1) is 0 Å². The molecule has 7 aromatic rings. The standard InChI is InChI=1S/C56H54N6O8/c63-51-33-42(53(65)60-47(56(68)69)24-19-36-9-3-1-4-10-36)29-37-17-22-44(23-18-37)70-35-52(64)59-49(31-39-25-27-57-28-26-39)54(66)62-50(30-38-15-20-41(21-16-38)40-11-5-2-6-12-40)55(67)61-48(51)32-43-34-58-46-14-8-7-13-45(43)46/h1-18,20-23,25-28,34,42,47-50,58H,19,24,29-33,35H2,(H,59,64)(H,60,65)(H,61,67)(H,62,66)(H,68,69)/t42-,47-,48+,49+,50-/m1/s1. The first kappa shape index (κ1) is 48.1. The lowest BCUT2D eigenvalue weighted by atomic mass is 9.89. The maximum atomic E-state index is 15.0. The number of rotatable bonds is 13. The van der Waals surface area contributed by atoms with Crippen LogP contribution in [0.1, 0.15) is 40.7 Å². The number of nitrogens with one attached hydrogen (secondary N) is 5. The normalized spacial score (nSPS) is 18.5. The van der Waals surface area contributed by atoms with Crippen LogP contribution < -0.4 is 26.0 Å². The number of aryl methyl sites for hydroxylation is 1. The van der Waals surface area contributed by atoms with Crippen molar-refractivity contribution in [3.8, 4) is 16.9 Å². The van der Waals surface area contributed by atoms with Gasteiger partial charge in [-0.25, -0.2) is 4.79 Å². The van der Waals surface area contributed by atoms with Crippen molar-refractivity contribution in [2.24, 2.45) is 5.92 Å². The lowest BCUT2D eigenvalue weighted by Gasteiger charge is -2.26. The molecule has 14 heteroatoms. The molecule has 0 unspecified atom stereocenters. The lowest BCUT2D eigenvalue weighted by molar-refractivity contribution is -0.143. The van der Waals surface area contributed by atoms with Crippen molar-refractivity contribution in [1.82, 2.24) is 31.2 Å². The molecule has 2 aliphatic heterocycles. The topological polar surface area (TPSA) is 209 Å². The summed E-state index contributed by atoms with van der Waals surface area (Å²) in [7, 11) is 0. The molecule has 2 aliphatic rings. The number of amides is 4. The lowest BCUT2D eigenvalue weighted by Crippen LogP contribution is -2.57. The highest BCUT2D eigenvalue weighted by Crippen LogP contribution is 2.24. The molecule has 70 heavy (non-hydrogen) atoms. The summed E-state index contributed by atoms with van der Waals surface area (Å²) in [5.74, 6) is -4.97. The summed E-state index contributed by atoms with van der Waals surface area (Å²) in [6, 6.07) is 39.6. The van der Waals surface area contributed by atoms with E-state index < -0.39 is 72.1 Å². The van der Waals surface area contributed by atoms with Gasteiger partial charge in [0.05, 0.1) is 6.04 Å². The Hall–Kier alpha value is -8.39. The van der Waals surface area contributed by atoms with Crippen LogP contribution in [-0.2, 0) is 60.9 Å². The number of ketones is 1. The summed E-state index contributed by atoms with van der Waals surface area (Å²) in [5, 5.41) is 22.5. The Kier molecular flexibility index (Phi) is 15.8. The largest absolute Gasteiger partial charge is 0.484 e. The zero-order valence-corrected chi connectivity index (χ0v) is 38.4. The summed E-state index contributed by atoms with van der Waals surface area (Å²) in [6.07, 6.45) is 5.20. The van der Waals surface area contributed by atoms with Gasteiger partial charge in [-0.05, 0) is 88.5 Å². The third-order valence-electron chi connectivity index (χ3n) is 12.6. The van der Waals surface area contributed by atoms with E-state index in [9.17, 15) is 33.9 Å². The first-order valence-electron chi connectivity index (χ1n) is 23.3. The van der Waals surface area contributed by atoms with Crippen molar-refractivity contribution >= 4 is 46.3 Å². The van der Waals surface area contributed by atoms with Gasteiger partial charge in [-0.3, -0.25) is 29.0 Å². The van der Waals surface area contributed by atoms with Gasteiger partial charge in [0.2, 0.25) is 17.7 Å². The van der Waals surface area contributed by atoms with Gasteiger partial charge in [0, 0.05) is 61.1 Å². The Balaban J connectivity index is 1.14. The van der Waals surface area contributed by atoms with Crippen LogP contribution in [0.25, 0.3) is 22.0 Å². The van der Waals surface area contributed by atoms with Gasteiger partial charge in [-0.1, -0.05) is 115 Å². The molecular formula is C56H54N6O8. The minimum absolute atomic E-state index is 0.0121. The second-order valence-electron chi connectivity index (χ2n) is 17.6. The van der Waals surface area contributed by atoms with E-state index in [1.54, 1.807) is 55.0 Å². The van der Waals surface area contributed by atoms with E-state index in [1.165, 1.54) is 0 Å². The van der Waals surface area contributed by atoms with E-state index in [-0.39, 0.29) is 38.5 Å². The zero-order chi connectivity index (χ0) is 48.8. The quantitative estimate of drug-likeness (QED) is 0.0735. The highest BCUT2D eigenvalue weighted by atomic mass is 16.5. The molecular weight excluding hydrogens is 885 g/mol. The highest BCUT2D eigenvalue weighted by molar-refractivity contribution is 5.97. The van der Waals surface area contributed by atoms with Crippen molar-refractivity contribution in [2.45, 2.75) is 69.1 Å². The zero-order valence-electron chi connectivity index (χ0n) is 38.4. The van der Waals surface area contributed by atoms with Crippen LogP contribution in [0.15, 0.2) is 164 Å². The number of carbonyl (C=O) groups excluding carboxylic acids is 5. The van der Waals surface area contributed by atoms with Gasteiger partial charge in [0.25, 0.3) is 5.91 Å². The fourth-order valence-corrected chi connectivity index (χ4v) is 8.72. The molecule has 0 saturated carbocycles. The number of nitrogens with zero attached hydrogens (tertiary/aromatic N) is 1. The van der Waals surface area contributed by atoms with Crippen molar-refractivity contribution in [2.75, 3.05) is 6.61 Å². The number of hydrogen-bond acceptors (Lipinski definition) is 8. The van der Waals surface area contributed by atoms with Crippen LogP contribution in [0.4, 0.5) is 0 Å². The summed E-state index contributed by atoms with van der Waals surface area (Å²) in [4.78, 5) is 92.2. The van der Waals surface area contributed by atoms with Crippen LogP contribution in [0.3, 0.4) is 0 Å². The van der Waals surface area contributed by atoms with E-state index >= 15 is 0 Å². The highest BCUT2D eigenvalue weighted by Gasteiger charge is 2.34. The molecule has 0 fully saturated rings. The van der Waals surface area contributed by atoms with Crippen LogP contribution in [0.5, 0.6) is 5.75 Å². The van der Waals surface area contributed by atoms with Crippen LogP contribution in [0.2, 0.25) is 0 Å². The van der Waals surface area contributed by atoms with Gasteiger partial charge in [-0.2, -0.15) is 0 Å². The Morgan fingerprint density at radius 3 is 1.96 bits per heavy atom. The summed E-state index contributed by atoms with van der Waals surface area (Å²) < 4.78 is 5.84. The number of para-hydroxylation sites is 1. The SMILES string of the molecule is O=C1COc2ccc(cc2)C[C@@H](C(=O)N[C@H](CCc2ccccc2)C(=O)O)CC(=O)[C@H](Cc2c[nH]c3ccccc23)NC(=O)[C@@H](Cc2ccc(-c3ccccc3)cc2)NC(=O)[C@H](Cc2ccncc2)N1. The van der Waals surface area contributed by atoms with E-state index in [0.717, 1.165) is 33.2 Å². The van der Waals surface area contributed by atoms with E-state index in [0.29, 0.717) is 28.9 Å². The number of aliphatic carboxylic acids is 1. The van der Waals surface area contributed by atoms with Crippen LogP contribution >= 0.6 is 0 Å². The van der Waals surface area contributed by atoms with Crippen LogP contribution in [0, 0.1) is 5.92 Å². The van der Waals surface area contributed by atoms with Crippen molar-refractivity contribution in [3.05, 3.63) is 192 Å². The monoisotopic (exact) mass is 938 g/mol. The second kappa shape index (κ2) is 23.1. The number of carbonyl (C=O) groups is 6. The van der Waals surface area contributed by atoms with Gasteiger partial charge in [0.15, 0.2) is 12.4 Å². The Morgan fingerprint density at radius 1 is 0.643 bits per heavy atom. The molecule has 0 radical (unpaired) electrons. The molecule has 4 heterocycles. The number of carboxylic acids is 1. The first-order valence-corrected chi connectivity index (χ1v) is 23.3. The summed E-state index contributed by atoms with van der Waals surface area (Å²) in [6.45, 7) is -0.439. The number of fused-ring (bicyclic) bond motifs is 17. The molecule has 14 nitrogen and oxygen atoms in total. The minimum Gasteiger partial charge on any atom is -0.484 e.